The van der Waals surface area contributed by atoms with Crippen LogP contribution in [0.3, 0.4) is 0 Å². The van der Waals surface area contributed by atoms with E-state index in [0.29, 0.717) is 6.54 Å². The second-order valence-electron chi connectivity index (χ2n) is 3.54. The van der Waals surface area contributed by atoms with Crippen molar-refractivity contribution < 1.29 is 15.0 Å². The van der Waals surface area contributed by atoms with Crippen molar-refractivity contribution in [2.45, 2.75) is 18.9 Å². The predicted molar refractivity (Wildman–Crippen MR) is 56.9 cm³/mol. The molecule has 1 heterocycles. The van der Waals surface area contributed by atoms with Gasteiger partial charge in [-0.2, -0.15) is 0 Å². The summed E-state index contributed by atoms with van der Waals surface area (Å²) in [7, 11) is 1.85. The molecule has 3 N–H and O–H groups in total. The Morgan fingerprint density at radius 1 is 1.67 bits per heavy atom. The van der Waals surface area contributed by atoms with Gasteiger partial charge in [-0.25, -0.2) is 0 Å². The predicted octanol–water partition coefficient (Wildman–Crippen LogP) is 0.677. The van der Waals surface area contributed by atoms with Crippen molar-refractivity contribution in [1.82, 2.24) is 4.98 Å². The van der Waals surface area contributed by atoms with Gasteiger partial charge in [0.1, 0.15) is 0 Å². The number of carboxylic acid groups (broad SMARTS) is 1. The summed E-state index contributed by atoms with van der Waals surface area (Å²) in [6.45, 7) is 0.436. The van der Waals surface area contributed by atoms with E-state index in [2.05, 4.69) is 4.98 Å². The monoisotopic (exact) mass is 212 g/mol. The highest BCUT2D eigenvalue weighted by Gasteiger charge is 2.10. The highest BCUT2D eigenvalue weighted by atomic mass is 16.4. The Labute approximate surface area is 88.3 Å². The van der Waals surface area contributed by atoms with Gasteiger partial charge in [0.25, 0.3) is 0 Å². The maximum atomic E-state index is 10.3. The van der Waals surface area contributed by atoms with Crippen molar-refractivity contribution >= 4 is 11.7 Å². The van der Waals surface area contributed by atoms with E-state index in [1.54, 1.807) is 6.20 Å². The smallest absolute Gasteiger partial charge is 0.303 e. The molecule has 0 aliphatic rings. The number of rotatable bonds is 6. The molecule has 0 fully saturated rings. The van der Waals surface area contributed by atoms with E-state index < -0.39 is 12.1 Å². The molecule has 84 valence electrons. The van der Waals surface area contributed by atoms with Crippen LogP contribution < -0.4 is 4.90 Å². The molecule has 5 nitrogen and oxygen atoms in total. The first-order valence-corrected chi connectivity index (χ1v) is 4.83. The van der Waals surface area contributed by atoms with E-state index in [1.165, 1.54) is 0 Å². The minimum atomic E-state index is -0.877. The lowest BCUT2D eigenvalue weighted by Gasteiger charge is -2.20. The van der Waals surface area contributed by atoms with Crippen molar-refractivity contribution in [3.63, 3.8) is 0 Å². The number of H-pyrrole nitrogens is 1. The van der Waals surface area contributed by atoms with Gasteiger partial charge >= 0.3 is 5.97 Å². The Bertz CT molecular complexity index is 298. The van der Waals surface area contributed by atoms with Crippen molar-refractivity contribution in [2.24, 2.45) is 0 Å². The number of aromatic amines is 1. The zero-order chi connectivity index (χ0) is 11.3. The molecule has 1 aromatic heterocycles. The third-order valence-corrected chi connectivity index (χ3v) is 2.20. The third-order valence-electron chi connectivity index (χ3n) is 2.20. The summed E-state index contributed by atoms with van der Waals surface area (Å²) in [5.74, 6) is -0.877. The summed E-state index contributed by atoms with van der Waals surface area (Å²) in [5, 5.41) is 18.0. The lowest BCUT2D eigenvalue weighted by molar-refractivity contribution is -0.137. The molecule has 1 atom stereocenters. The lowest BCUT2D eigenvalue weighted by atomic mass is 10.2. The Balaban J connectivity index is 2.31. The van der Waals surface area contributed by atoms with Crippen LogP contribution in [0.25, 0.3) is 0 Å². The first-order valence-electron chi connectivity index (χ1n) is 4.83. The largest absolute Gasteiger partial charge is 0.481 e. The topological polar surface area (TPSA) is 76.6 Å². The molecule has 0 amide bonds. The number of hydrogen-bond donors (Lipinski definition) is 3. The van der Waals surface area contributed by atoms with Crippen LogP contribution in [0, 0.1) is 0 Å². The maximum absolute atomic E-state index is 10.3. The first-order chi connectivity index (χ1) is 7.09. The second-order valence-corrected chi connectivity index (χ2v) is 3.54. The Hall–Kier alpha value is -1.49. The van der Waals surface area contributed by atoms with Crippen LogP contribution in [0.15, 0.2) is 18.5 Å². The number of aliphatic hydroxyl groups excluding tert-OH is 1. The Morgan fingerprint density at radius 2 is 2.40 bits per heavy atom. The molecule has 1 rings (SSSR count). The number of aliphatic carboxylic acids is 1. The lowest BCUT2D eigenvalue weighted by Crippen LogP contribution is -2.29. The van der Waals surface area contributed by atoms with Gasteiger partial charge < -0.3 is 20.1 Å². The normalized spacial score (nSPS) is 12.4. The van der Waals surface area contributed by atoms with Crippen molar-refractivity contribution in [3.05, 3.63) is 18.5 Å². The van der Waals surface area contributed by atoms with Crippen LogP contribution in [0.4, 0.5) is 5.69 Å². The summed E-state index contributed by atoms with van der Waals surface area (Å²) in [6.07, 6.45) is 3.30. The fourth-order valence-electron chi connectivity index (χ4n) is 1.36. The van der Waals surface area contributed by atoms with Gasteiger partial charge in [-0.15, -0.1) is 0 Å². The average Bonchev–Trinajstić information content (AvgIpc) is 2.67. The number of hydrogen-bond acceptors (Lipinski definition) is 3. The van der Waals surface area contributed by atoms with E-state index in [1.807, 2.05) is 24.2 Å². The maximum Gasteiger partial charge on any atom is 0.303 e. The first kappa shape index (κ1) is 11.6. The third kappa shape index (κ3) is 4.03. The summed E-state index contributed by atoms with van der Waals surface area (Å²) in [5.41, 5.74) is 0.976. The SMILES string of the molecule is CN(CC(O)CCC(=O)O)c1cc[nH]c1. The van der Waals surface area contributed by atoms with Gasteiger partial charge in [0.05, 0.1) is 11.8 Å². The molecule has 0 aliphatic heterocycles. The highest BCUT2D eigenvalue weighted by Crippen LogP contribution is 2.11. The van der Waals surface area contributed by atoms with Crippen molar-refractivity contribution in [2.75, 3.05) is 18.5 Å². The average molecular weight is 212 g/mol. The molecule has 15 heavy (non-hydrogen) atoms. The van der Waals surface area contributed by atoms with Crippen LogP contribution in [-0.2, 0) is 4.79 Å². The Kier molecular flexibility index (Phi) is 4.17. The molecule has 0 saturated heterocycles. The molecule has 0 saturated carbocycles. The van der Waals surface area contributed by atoms with Crippen molar-refractivity contribution in [1.29, 1.82) is 0 Å². The molecule has 0 aromatic carbocycles. The van der Waals surface area contributed by atoms with E-state index in [9.17, 15) is 9.90 Å². The molecule has 0 aliphatic carbocycles. The van der Waals surface area contributed by atoms with E-state index in [-0.39, 0.29) is 12.8 Å². The van der Waals surface area contributed by atoms with E-state index in [4.69, 9.17) is 5.11 Å². The van der Waals surface area contributed by atoms with Gasteiger partial charge in [0.2, 0.25) is 0 Å². The second kappa shape index (κ2) is 5.41. The molecular formula is C10H16N2O3. The molecule has 0 spiro atoms. The molecule has 1 unspecified atom stereocenters. The summed E-state index contributed by atoms with van der Waals surface area (Å²) in [6, 6.07) is 1.89. The van der Waals surface area contributed by atoms with Crippen LogP contribution in [-0.4, -0.2) is 40.9 Å². The van der Waals surface area contributed by atoms with E-state index >= 15 is 0 Å². The number of nitrogens with zero attached hydrogens (tertiary/aromatic N) is 1. The molecule has 5 heteroatoms. The minimum absolute atomic E-state index is 0.00213. The van der Waals surface area contributed by atoms with Crippen LogP contribution >= 0.6 is 0 Å². The summed E-state index contributed by atoms with van der Waals surface area (Å²) >= 11 is 0. The molecule has 1 aromatic rings. The number of nitrogens with one attached hydrogen (secondary N) is 1. The quantitative estimate of drug-likeness (QED) is 0.648. The highest BCUT2D eigenvalue weighted by molar-refractivity contribution is 5.66. The van der Waals surface area contributed by atoms with Gasteiger partial charge in [-0.05, 0) is 12.5 Å². The summed E-state index contributed by atoms with van der Waals surface area (Å²) in [4.78, 5) is 15.1. The summed E-state index contributed by atoms with van der Waals surface area (Å²) < 4.78 is 0. The number of likely N-dealkylation sites (N-methyl/N-ethyl adjacent to an activating group) is 1. The van der Waals surface area contributed by atoms with Crippen LogP contribution in [0.2, 0.25) is 0 Å². The zero-order valence-corrected chi connectivity index (χ0v) is 8.68. The number of aromatic nitrogens is 1. The molecule has 0 bridgehead atoms. The van der Waals surface area contributed by atoms with Crippen molar-refractivity contribution in [3.8, 4) is 0 Å². The number of anilines is 1. The Morgan fingerprint density at radius 3 is 2.93 bits per heavy atom. The standard InChI is InChI=1S/C10H16N2O3/c1-12(8-4-5-11-6-8)7-9(13)2-3-10(14)15/h4-6,9,11,13H,2-3,7H2,1H3,(H,14,15). The zero-order valence-electron chi connectivity index (χ0n) is 8.68. The van der Waals surface area contributed by atoms with Gasteiger partial charge in [-0.3, -0.25) is 4.79 Å². The number of aliphatic hydroxyl groups is 1. The van der Waals surface area contributed by atoms with Gasteiger partial charge in [0, 0.05) is 32.4 Å². The fourth-order valence-corrected chi connectivity index (χ4v) is 1.36. The van der Waals surface area contributed by atoms with E-state index in [0.717, 1.165) is 5.69 Å². The van der Waals surface area contributed by atoms with Gasteiger partial charge in [-0.1, -0.05) is 0 Å². The molecule has 0 radical (unpaired) electrons. The van der Waals surface area contributed by atoms with Gasteiger partial charge in [0.15, 0.2) is 0 Å². The van der Waals surface area contributed by atoms with Crippen LogP contribution in [0.5, 0.6) is 0 Å². The molecular weight excluding hydrogens is 196 g/mol. The number of carbonyl (C=O) groups is 1. The minimum Gasteiger partial charge on any atom is -0.481 e. The van der Waals surface area contributed by atoms with Crippen LogP contribution in [0.1, 0.15) is 12.8 Å². The fraction of sp³-hybridized carbons (Fsp3) is 0.500. The number of carboxylic acids is 1.